The summed E-state index contributed by atoms with van der Waals surface area (Å²) in [5, 5.41) is 17.8. The number of carbonyl (C=O) groups is 3. The van der Waals surface area contributed by atoms with E-state index >= 15 is 0 Å². The molecule has 10 heteroatoms. The topological polar surface area (TPSA) is 102 Å². The molecule has 2 heterocycles. The van der Waals surface area contributed by atoms with E-state index in [4.69, 9.17) is 0 Å². The van der Waals surface area contributed by atoms with E-state index < -0.39 is 35.7 Å². The fourth-order valence-corrected chi connectivity index (χ4v) is 6.38. The lowest BCUT2D eigenvalue weighted by atomic mass is 9.88. The number of aliphatic hydroxyl groups excluding tert-OH is 1. The summed E-state index contributed by atoms with van der Waals surface area (Å²) in [6.07, 6.45) is 3.07. The Balaban J connectivity index is 1.58. The van der Waals surface area contributed by atoms with Crippen molar-refractivity contribution in [1.82, 2.24) is 20.4 Å². The second kappa shape index (κ2) is 14.9. The van der Waals surface area contributed by atoms with E-state index in [1.165, 1.54) is 12.1 Å². The van der Waals surface area contributed by atoms with Crippen molar-refractivity contribution in [2.45, 2.75) is 89.9 Å². The maximum absolute atomic E-state index is 14.1. The van der Waals surface area contributed by atoms with Gasteiger partial charge < -0.3 is 25.5 Å². The molecule has 2 aromatic rings. The van der Waals surface area contributed by atoms with Gasteiger partial charge in [-0.1, -0.05) is 13.8 Å². The van der Waals surface area contributed by atoms with Gasteiger partial charge in [0.2, 0.25) is 5.91 Å². The molecule has 0 spiro atoms. The molecule has 0 bridgehead atoms. The first-order valence-corrected chi connectivity index (χ1v) is 15.5. The summed E-state index contributed by atoms with van der Waals surface area (Å²) in [6, 6.07) is 6.75. The predicted octanol–water partition coefficient (Wildman–Crippen LogP) is 3.98. The molecule has 4 rings (SSSR count). The van der Waals surface area contributed by atoms with Crippen LogP contribution in [0.1, 0.15) is 84.2 Å². The standard InChI is InChI=1S/C33H44F2N4O4/c1-4-10-38(11-5-2)33(43)24-14-21(3)13-23(18-24)32(42)37-29(17-22-15-25(34)19-26(35)16-22)31(41)28-20-27(8-9-36-28)39-12-6-7-30(39)40/h13-16,18-19,27-29,31,36,41H,4-12,17,20H2,1-3H3,(H,37,42). The number of piperidine rings is 1. The molecule has 0 saturated carbocycles. The minimum absolute atomic E-state index is 0.0224. The van der Waals surface area contributed by atoms with Crippen molar-refractivity contribution < 1.29 is 28.3 Å². The number of hydrogen-bond donors (Lipinski definition) is 3. The molecule has 3 amide bonds. The molecule has 4 atom stereocenters. The van der Waals surface area contributed by atoms with E-state index in [1.54, 1.807) is 23.1 Å². The SMILES string of the molecule is CCCN(CCC)C(=O)c1cc(C)cc(C(=O)NC(Cc2cc(F)cc(F)c2)C(O)C2CC(N3CCCC3=O)CCN2)c1. The zero-order valence-corrected chi connectivity index (χ0v) is 25.4. The average molecular weight is 599 g/mol. The lowest BCUT2D eigenvalue weighted by Gasteiger charge is -2.40. The summed E-state index contributed by atoms with van der Waals surface area (Å²) < 4.78 is 28.2. The van der Waals surface area contributed by atoms with Gasteiger partial charge in [-0.3, -0.25) is 14.4 Å². The minimum Gasteiger partial charge on any atom is -0.389 e. The van der Waals surface area contributed by atoms with Crippen LogP contribution in [0.4, 0.5) is 8.78 Å². The zero-order chi connectivity index (χ0) is 31.1. The van der Waals surface area contributed by atoms with E-state index in [2.05, 4.69) is 10.6 Å². The number of rotatable bonds is 12. The fourth-order valence-electron chi connectivity index (χ4n) is 6.38. The largest absolute Gasteiger partial charge is 0.389 e. The summed E-state index contributed by atoms with van der Waals surface area (Å²) in [5.41, 5.74) is 1.69. The van der Waals surface area contributed by atoms with Gasteiger partial charge in [0.25, 0.3) is 11.8 Å². The van der Waals surface area contributed by atoms with Crippen LogP contribution in [0.15, 0.2) is 36.4 Å². The number of aliphatic hydroxyl groups is 1. The molecular formula is C33H44F2N4O4. The summed E-state index contributed by atoms with van der Waals surface area (Å²) in [5.74, 6) is -2.03. The maximum atomic E-state index is 14.1. The second-order valence-electron chi connectivity index (χ2n) is 11.9. The number of nitrogens with one attached hydrogen (secondary N) is 2. The van der Waals surface area contributed by atoms with Crippen LogP contribution < -0.4 is 10.6 Å². The molecule has 2 aliphatic heterocycles. The van der Waals surface area contributed by atoms with Gasteiger partial charge in [-0.25, -0.2) is 8.78 Å². The van der Waals surface area contributed by atoms with Crippen molar-refractivity contribution in [3.8, 4) is 0 Å². The molecule has 2 aliphatic rings. The highest BCUT2D eigenvalue weighted by Crippen LogP contribution is 2.25. The van der Waals surface area contributed by atoms with Gasteiger partial charge in [0.15, 0.2) is 0 Å². The smallest absolute Gasteiger partial charge is 0.253 e. The number of carbonyl (C=O) groups excluding carboxylic acids is 3. The minimum atomic E-state index is -1.12. The van der Waals surface area contributed by atoms with Crippen LogP contribution in [0.25, 0.3) is 0 Å². The Labute approximate surface area is 252 Å². The number of nitrogens with zero attached hydrogens (tertiary/aromatic N) is 2. The molecule has 2 fully saturated rings. The highest BCUT2D eigenvalue weighted by molar-refractivity contribution is 6.00. The number of aryl methyl sites for hydroxylation is 1. The van der Waals surface area contributed by atoms with Crippen LogP contribution in [-0.2, 0) is 11.2 Å². The molecule has 4 unspecified atom stereocenters. The molecule has 0 aromatic heterocycles. The van der Waals surface area contributed by atoms with Crippen LogP contribution in [-0.4, -0.2) is 83.0 Å². The number of amides is 3. The van der Waals surface area contributed by atoms with E-state index in [0.29, 0.717) is 50.1 Å². The van der Waals surface area contributed by atoms with Crippen LogP contribution in [0.3, 0.4) is 0 Å². The fraction of sp³-hybridized carbons (Fsp3) is 0.545. The molecule has 2 aromatic carbocycles. The lowest BCUT2D eigenvalue weighted by Crippen LogP contribution is -2.58. The molecule has 43 heavy (non-hydrogen) atoms. The maximum Gasteiger partial charge on any atom is 0.253 e. The van der Waals surface area contributed by atoms with Gasteiger partial charge >= 0.3 is 0 Å². The number of likely N-dealkylation sites (tertiary alicyclic amines) is 1. The summed E-state index contributed by atoms with van der Waals surface area (Å²) in [7, 11) is 0. The molecule has 0 radical (unpaired) electrons. The summed E-state index contributed by atoms with van der Waals surface area (Å²) >= 11 is 0. The first-order valence-electron chi connectivity index (χ1n) is 15.5. The highest BCUT2D eigenvalue weighted by atomic mass is 19.1. The Kier molecular flexibility index (Phi) is 11.3. The monoisotopic (exact) mass is 598 g/mol. The van der Waals surface area contributed by atoms with Gasteiger partial charge in [-0.05, 0) is 93.5 Å². The van der Waals surface area contributed by atoms with Gasteiger partial charge in [-0.15, -0.1) is 0 Å². The van der Waals surface area contributed by atoms with Crippen LogP contribution in [0.5, 0.6) is 0 Å². The molecule has 234 valence electrons. The van der Waals surface area contributed by atoms with E-state index in [1.807, 2.05) is 25.7 Å². The first-order chi connectivity index (χ1) is 20.6. The Morgan fingerprint density at radius 1 is 1.07 bits per heavy atom. The average Bonchev–Trinajstić information content (AvgIpc) is 3.41. The normalized spacial score (nSPS) is 20.1. The van der Waals surface area contributed by atoms with Crippen molar-refractivity contribution in [2.75, 3.05) is 26.2 Å². The molecular weight excluding hydrogens is 554 g/mol. The molecule has 2 saturated heterocycles. The van der Waals surface area contributed by atoms with E-state index in [9.17, 15) is 28.3 Å². The molecule has 0 aliphatic carbocycles. The van der Waals surface area contributed by atoms with E-state index in [-0.39, 0.29) is 29.8 Å². The third-order valence-corrected chi connectivity index (χ3v) is 8.34. The van der Waals surface area contributed by atoms with Gasteiger partial charge in [0, 0.05) is 55.3 Å². The zero-order valence-electron chi connectivity index (χ0n) is 25.4. The van der Waals surface area contributed by atoms with Crippen molar-refractivity contribution in [2.24, 2.45) is 0 Å². The van der Waals surface area contributed by atoms with Gasteiger partial charge in [-0.2, -0.15) is 0 Å². The number of halogens is 2. The van der Waals surface area contributed by atoms with Crippen molar-refractivity contribution in [3.05, 3.63) is 70.3 Å². The Morgan fingerprint density at radius 2 is 1.74 bits per heavy atom. The quantitative estimate of drug-likeness (QED) is 0.343. The third-order valence-electron chi connectivity index (χ3n) is 8.34. The molecule has 3 N–H and O–H groups in total. The van der Waals surface area contributed by atoms with Gasteiger partial charge in [0.05, 0.1) is 12.1 Å². The number of benzene rings is 2. The highest BCUT2D eigenvalue weighted by Gasteiger charge is 2.37. The van der Waals surface area contributed by atoms with Crippen molar-refractivity contribution >= 4 is 17.7 Å². The number of hydrogen-bond acceptors (Lipinski definition) is 5. The van der Waals surface area contributed by atoms with Crippen LogP contribution >= 0.6 is 0 Å². The Morgan fingerprint density at radius 3 is 2.37 bits per heavy atom. The Bertz CT molecular complexity index is 1280. The Hall–Kier alpha value is -3.37. The summed E-state index contributed by atoms with van der Waals surface area (Å²) in [4.78, 5) is 43.0. The van der Waals surface area contributed by atoms with Crippen molar-refractivity contribution in [3.63, 3.8) is 0 Å². The summed E-state index contributed by atoms with van der Waals surface area (Å²) in [6.45, 7) is 8.32. The van der Waals surface area contributed by atoms with Crippen LogP contribution in [0, 0.1) is 18.6 Å². The predicted molar refractivity (Wildman–Crippen MR) is 161 cm³/mol. The van der Waals surface area contributed by atoms with Gasteiger partial charge in [0.1, 0.15) is 11.6 Å². The first kappa shape index (κ1) is 32.5. The second-order valence-corrected chi connectivity index (χ2v) is 11.9. The third kappa shape index (κ3) is 8.38. The van der Waals surface area contributed by atoms with Crippen molar-refractivity contribution in [1.29, 1.82) is 0 Å². The molecule has 8 nitrogen and oxygen atoms in total. The lowest BCUT2D eigenvalue weighted by molar-refractivity contribution is -0.130. The van der Waals surface area contributed by atoms with Crippen LogP contribution in [0.2, 0.25) is 0 Å². The van der Waals surface area contributed by atoms with E-state index in [0.717, 1.165) is 37.3 Å².